The summed E-state index contributed by atoms with van der Waals surface area (Å²) in [6.45, 7) is 3.57. The van der Waals surface area contributed by atoms with Crippen molar-refractivity contribution in [2.75, 3.05) is 13.2 Å². The summed E-state index contributed by atoms with van der Waals surface area (Å²) >= 11 is 1.49. The maximum atomic E-state index is 12.6. The van der Waals surface area contributed by atoms with Gasteiger partial charge in [0.15, 0.2) is 4.96 Å². The largest absolute Gasteiger partial charge is 0.381 e. The van der Waals surface area contributed by atoms with Gasteiger partial charge in [-0.3, -0.25) is 9.20 Å². The molecule has 25 heavy (non-hydrogen) atoms. The molecule has 1 amide bonds. The minimum absolute atomic E-state index is 0.0385. The standard InChI is InChI=1S/C19H21N3O2S/c1-2-13-3-5-14(6-4-13)16-11-22-17(12-25-19(22)21-16)18(23)20-15-7-9-24-10-8-15/h3-6,11-12,15H,2,7-10H2,1H3,(H,20,23). The van der Waals surface area contributed by atoms with Gasteiger partial charge in [-0.1, -0.05) is 31.2 Å². The number of aromatic nitrogens is 2. The summed E-state index contributed by atoms with van der Waals surface area (Å²) in [5.41, 5.74) is 3.93. The third-order valence-electron chi connectivity index (χ3n) is 4.66. The van der Waals surface area contributed by atoms with Crippen LogP contribution in [0.5, 0.6) is 0 Å². The Hall–Kier alpha value is -2.18. The molecule has 1 N–H and O–H groups in total. The first-order valence-electron chi connectivity index (χ1n) is 8.69. The number of imidazole rings is 1. The smallest absolute Gasteiger partial charge is 0.269 e. The molecule has 6 heteroatoms. The fraction of sp³-hybridized carbons (Fsp3) is 0.368. The molecule has 0 radical (unpaired) electrons. The van der Waals surface area contributed by atoms with Crippen LogP contribution in [0.15, 0.2) is 35.8 Å². The fourth-order valence-corrected chi connectivity index (χ4v) is 3.95. The van der Waals surface area contributed by atoms with Gasteiger partial charge in [0, 0.05) is 36.4 Å². The lowest BCUT2D eigenvalue weighted by Crippen LogP contribution is -2.39. The molecule has 1 aliphatic heterocycles. The molecular formula is C19H21N3O2S. The molecular weight excluding hydrogens is 334 g/mol. The van der Waals surface area contributed by atoms with Gasteiger partial charge in [-0.15, -0.1) is 11.3 Å². The van der Waals surface area contributed by atoms with Gasteiger partial charge in [0.25, 0.3) is 5.91 Å². The van der Waals surface area contributed by atoms with Crippen LogP contribution < -0.4 is 5.32 Å². The van der Waals surface area contributed by atoms with Gasteiger partial charge in [0.05, 0.1) is 5.69 Å². The second-order valence-electron chi connectivity index (χ2n) is 6.31. The predicted octanol–water partition coefficient (Wildman–Crippen LogP) is 3.53. The van der Waals surface area contributed by atoms with Gasteiger partial charge in [0.2, 0.25) is 0 Å². The highest BCUT2D eigenvalue weighted by Gasteiger charge is 2.20. The van der Waals surface area contributed by atoms with Gasteiger partial charge in [-0.25, -0.2) is 4.98 Å². The number of nitrogens with zero attached hydrogens (tertiary/aromatic N) is 2. The first-order valence-corrected chi connectivity index (χ1v) is 9.57. The lowest BCUT2D eigenvalue weighted by atomic mass is 10.1. The number of thiazole rings is 1. The van der Waals surface area contributed by atoms with E-state index in [1.54, 1.807) is 0 Å². The average Bonchev–Trinajstić information content (AvgIpc) is 3.23. The molecule has 4 rings (SSSR count). The molecule has 3 heterocycles. The molecule has 2 aromatic heterocycles. The van der Waals surface area contributed by atoms with Gasteiger partial charge in [0.1, 0.15) is 5.69 Å². The molecule has 5 nitrogen and oxygen atoms in total. The summed E-state index contributed by atoms with van der Waals surface area (Å²) in [4.78, 5) is 18.1. The Morgan fingerprint density at radius 1 is 1.32 bits per heavy atom. The van der Waals surface area contributed by atoms with Crippen LogP contribution in [0.4, 0.5) is 0 Å². The Bertz CT molecular complexity index is 876. The molecule has 130 valence electrons. The molecule has 0 spiro atoms. The molecule has 3 aromatic rings. The zero-order valence-corrected chi connectivity index (χ0v) is 15.0. The zero-order chi connectivity index (χ0) is 17.2. The number of benzene rings is 1. The van der Waals surface area contributed by atoms with Crippen LogP contribution in [-0.2, 0) is 11.2 Å². The number of aryl methyl sites for hydroxylation is 1. The van der Waals surface area contributed by atoms with Gasteiger partial charge in [-0.2, -0.15) is 0 Å². The molecule has 1 saturated heterocycles. The van der Waals surface area contributed by atoms with Crippen molar-refractivity contribution in [3.63, 3.8) is 0 Å². The topological polar surface area (TPSA) is 55.6 Å². The SMILES string of the molecule is CCc1ccc(-c2cn3c(C(=O)NC4CCOCC4)csc3n2)cc1. The second kappa shape index (κ2) is 6.98. The lowest BCUT2D eigenvalue weighted by molar-refractivity contribution is 0.0694. The number of nitrogens with one attached hydrogen (secondary N) is 1. The highest BCUT2D eigenvalue weighted by Crippen LogP contribution is 2.24. The second-order valence-corrected chi connectivity index (χ2v) is 7.15. The van der Waals surface area contributed by atoms with Crippen molar-refractivity contribution in [2.45, 2.75) is 32.2 Å². The predicted molar refractivity (Wildman–Crippen MR) is 99.2 cm³/mol. The van der Waals surface area contributed by atoms with Gasteiger partial charge >= 0.3 is 0 Å². The Kier molecular flexibility index (Phi) is 4.55. The van der Waals surface area contributed by atoms with E-state index in [0.717, 1.165) is 35.5 Å². The van der Waals surface area contributed by atoms with Crippen molar-refractivity contribution in [3.8, 4) is 11.3 Å². The number of carbonyl (C=O) groups excluding carboxylic acids is 1. The van der Waals surface area contributed by atoms with E-state index in [1.165, 1.54) is 16.9 Å². The maximum absolute atomic E-state index is 12.6. The third-order valence-corrected chi connectivity index (χ3v) is 5.50. The summed E-state index contributed by atoms with van der Waals surface area (Å²) in [6.07, 6.45) is 4.72. The van der Waals surface area contributed by atoms with Crippen LogP contribution in [0.2, 0.25) is 0 Å². The van der Waals surface area contributed by atoms with Crippen molar-refractivity contribution in [2.24, 2.45) is 0 Å². The summed E-state index contributed by atoms with van der Waals surface area (Å²) in [5.74, 6) is -0.0385. The minimum atomic E-state index is -0.0385. The highest BCUT2D eigenvalue weighted by atomic mass is 32.1. The van der Waals surface area contributed by atoms with Crippen molar-refractivity contribution >= 4 is 22.2 Å². The molecule has 0 atom stereocenters. The van der Waals surface area contributed by atoms with Gasteiger partial charge < -0.3 is 10.1 Å². The Morgan fingerprint density at radius 2 is 2.08 bits per heavy atom. The van der Waals surface area contributed by atoms with Crippen LogP contribution >= 0.6 is 11.3 Å². The normalized spacial score (nSPS) is 15.6. The number of fused-ring (bicyclic) bond motifs is 1. The highest BCUT2D eigenvalue weighted by molar-refractivity contribution is 7.15. The molecule has 0 saturated carbocycles. The monoisotopic (exact) mass is 355 g/mol. The van der Waals surface area contributed by atoms with Crippen molar-refractivity contribution in [1.82, 2.24) is 14.7 Å². The van der Waals surface area contributed by atoms with Crippen LogP contribution in [-0.4, -0.2) is 34.5 Å². The molecule has 1 aliphatic rings. The average molecular weight is 355 g/mol. The molecule has 0 unspecified atom stereocenters. The van der Waals surface area contributed by atoms with E-state index in [2.05, 4.69) is 41.5 Å². The van der Waals surface area contributed by atoms with Crippen molar-refractivity contribution in [1.29, 1.82) is 0 Å². The van der Waals surface area contributed by atoms with Crippen LogP contribution in [0, 0.1) is 0 Å². The van der Waals surface area contributed by atoms with E-state index in [0.29, 0.717) is 18.9 Å². The molecule has 1 aromatic carbocycles. The number of carbonyl (C=O) groups is 1. The van der Waals surface area contributed by atoms with E-state index < -0.39 is 0 Å². The summed E-state index contributed by atoms with van der Waals surface area (Å²) < 4.78 is 7.24. The van der Waals surface area contributed by atoms with Crippen LogP contribution in [0.1, 0.15) is 35.8 Å². The Labute approximate surface area is 150 Å². The van der Waals surface area contributed by atoms with E-state index in [9.17, 15) is 4.79 Å². The number of rotatable bonds is 4. The van der Waals surface area contributed by atoms with Gasteiger partial charge in [-0.05, 0) is 24.8 Å². The van der Waals surface area contributed by atoms with E-state index in [1.807, 2.05) is 16.0 Å². The number of ether oxygens (including phenoxy) is 1. The third kappa shape index (κ3) is 3.32. The number of hydrogen-bond acceptors (Lipinski definition) is 4. The molecule has 1 fully saturated rings. The van der Waals surface area contributed by atoms with Crippen molar-refractivity contribution in [3.05, 3.63) is 47.1 Å². The van der Waals surface area contributed by atoms with Crippen LogP contribution in [0.25, 0.3) is 16.2 Å². The van der Waals surface area contributed by atoms with Crippen molar-refractivity contribution < 1.29 is 9.53 Å². The Morgan fingerprint density at radius 3 is 2.80 bits per heavy atom. The fourth-order valence-electron chi connectivity index (χ4n) is 3.10. The summed E-state index contributed by atoms with van der Waals surface area (Å²) in [6, 6.07) is 8.63. The summed E-state index contributed by atoms with van der Waals surface area (Å²) in [5, 5.41) is 4.99. The summed E-state index contributed by atoms with van der Waals surface area (Å²) in [7, 11) is 0. The quantitative estimate of drug-likeness (QED) is 0.779. The first kappa shape index (κ1) is 16.3. The van der Waals surface area contributed by atoms with E-state index in [-0.39, 0.29) is 11.9 Å². The zero-order valence-electron chi connectivity index (χ0n) is 14.2. The molecule has 0 aliphatic carbocycles. The minimum Gasteiger partial charge on any atom is -0.381 e. The lowest BCUT2D eigenvalue weighted by Gasteiger charge is -2.22. The van der Waals surface area contributed by atoms with E-state index >= 15 is 0 Å². The Balaban J connectivity index is 1.58. The number of hydrogen-bond donors (Lipinski definition) is 1. The molecule has 0 bridgehead atoms. The number of amides is 1. The van der Waals surface area contributed by atoms with Crippen LogP contribution in [0.3, 0.4) is 0 Å². The first-order chi connectivity index (χ1) is 12.2. The van der Waals surface area contributed by atoms with E-state index in [4.69, 9.17) is 4.74 Å². The maximum Gasteiger partial charge on any atom is 0.269 e.